The van der Waals surface area contributed by atoms with Gasteiger partial charge in [0.15, 0.2) is 5.76 Å². The highest BCUT2D eigenvalue weighted by molar-refractivity contribution is 5.92. The lowest BCUT2D eigenvalue weighted by atomic mass is 9.98. The predicted octanol–water partition coefficient (Wildman–Crippen LogP) is 4.81. The van der Waals surface area contributed by atoms with Crippen LogP contribution in [0.2, 0.25) is 0 Å². The summed E-state index contributed by atoms with van der Waals surface area (Å²) in [5.74, 6) is -0.272. The normalized spacial score (nSPS) is 12.4. The Morgan fingerprint density at radius 3 is 2.81 bits per heavy atom. The highest BCUT2D eigenvalue weighted by atomic mass is 16.4. The molecule has 1 aromatic carbocycles. The lowest BCUT2D eigenvalue weighted by Crippen LogP contribution is -2.06. The molecule has 3 aromatic rings. The maximum atomic E-state index is 12.3. The molecule has 0 fully saturated rings. The van der Waals surface area contributed by atoms with Gasteiger partial charge in [0.25, 0.3) is 11.8 Å². The molecule has 0 radical (unpaired) electrons. The molecule has 0 unspecified atom stereocenters. The van der Waals surface area contributed by atoms with Gasteiger partial charge in [-0.1, -0.05) is 51.3 Å². The van der Waals surface area contributed by atoms with E-state index in [-0.39, 0.29) is 23.5 Å². The highest BCUT2D eigenvalue weighted by Crippen LogP contribution is 2.36. The minimum absolute atomic E-state index is 0.00297. The fraction of sp³-hybridized carbons (Fsp3) is 0.429. The van der Waals surface area contributed by atoms with E-state index in [1.807, 2.05) is 49.1 Å². The second kappa shape index (κ2) is 8.29. The van der Waals surface area contributed by atoms with Crippen LogP contribution in [-0.4, -0.2) is 27.6 Å². The number of Topliss-reactive ketones (excluding diaryl/α,β-unsaturated/α-hetero) is 1. The van der Waals surface area contributed by atoms with Crippen molar-refractivity contribution >= 4 is 16.7 Å². The van der Waals surface area contributed by atoms with Crippen molar-refractivity contribution in [3.05, 3.63) is 47.7 Å². The van der Waals surface area contributed by atoms with Gasteiger partial charge in [0.1, 0.15) is 0 Å². The number of unbranched alkanes of at least 4 members (excludes halogenated alkanes) is 3. The van der Waals surface area contributed by atoms with Crippen LogP contribution in [0, 0.1) is 0 Å². The largest absolute Gasteiger partial charge is 0.491 e. The van der Waals surface area contributed by atoms with E-state index in [1.54, 1.807) is 0 Å². The number of carbonyl (C=O) groups excluding carboxylic acids is 1. The number of nitrogens with one attached hydrogen (secondary N) is 1. The van der Waals surface area contributed by atoms with Gasteiger partial charge >= 0.3 is 0 Å². The van der Waals surface area contributed by atoms with Crippen LogP contribution < -0.4 is 5.43 Å². The Hall–Kier alpha value is -2.76. The molecule has 0 saturated heterocycles. The van der Waals surface area contributed by atoms with Gasteiger partial charge < -0.3 is 14.9 Å². The molecule has 0 aliphatic carbocycles. The number of hydrogen-bond acceptors (Lipinski definition) is 5. The van der Waals surface area contributed by atoms with E-state index < -0.39 is 0 Å². The third-order valence-electron chi connectivity index (χ3n) is 4.97. The lowest BCUT2D eigenvalue weighted by Gasteiger charge is -2.07. The zero-order valence-electron chi connectivity index (χ0n) is 16.2. The van der Waals surface area contributed by atoms with Gasteiger partial charge in [-0.15, -0.1) is 0 Å². The molecule has 0 aliphatic rings. The first-order valence-corrected chi connectivity index (χ1v) is 9.57. The number of rotatable bonds is 9. The summed E-state index contributed by atoms with van der Waals surface area (Å²) in [7, 11) is 1.85. The number of para-hydroxylation sites is 1. The summed E-state index contributed by atoms with van der Waals surface area (Å²) in [4.78, 5) is 16.3. The van der Waals surface area contributed by atoms with Crippen LogP contribution in [0.15, 0.2) is 34.9 Å². The average molecular weight is 369 g/mol. The molecular formula is C21H27N3O3. The van der Waals surface area contributed by atoms with E-state index >= 15 is 0 Å². The van der Waals surface area contributed by atoms with Crippen molar-refractivity contribution in [3.63, 3.8) is 0 Å². The van der Waals surface area contributed by atoms with E-state index in [0.29, 0.717) is 12.2 Å². The van der Waals surface area contributed by atoms with Gasteiger partial charge in [0, 0.05) is 31.0 Å². The minimum Gasteiger partial charge on any atom is -0.491 e. The molecule has 27 heavy (non-hydrogen) atoms. The summed E-state index contributed by atoms with van der Waals surface area (Å²) >= 11 is 0. The van der Waals surface area contributed by atoms with Crippen LogP contribution in [-0.2, 0) is 0 Å². The van der Waals surface area contributed by atoms with E-state index in [0.717, 1.165) is 42.1 Å². The van der Waals surface area contributed by atoms with E-state index in [9.17, 15) is 9.90 Å². The molecule has 0 amide bonds. The Labute approximate surface area is 159 Å². The average Bonchev–Trinajstić information content (AvgIpc) is 3.25. The van der Waals surface area contributed by atoms with Crippen LogP contribution in [0.25, 0.3) is 10.9 Å². The maximum absolute atomic E-state index is 12.3. The molecule has 0 spiro atoms. The number of fused-ring (bicyclic) bond motifs is 1. The Morgan fingerprint density at radius 1 is 1.30 bits per heavy atom. The Morgan fingerprint density at radius 2 is 2.07 bits per heavy atom. The molecule has 2 aromatic heterocycles. The van der Waals surface area contributed by atoms with Crippen LogP contribution >= 0.6 is 0 Å². The molecule has 6 nitrogen and oxygen atoms in total. The first kappa shape index (κ1) is 19.0. The summed E-state index contributed by atoms with van der Waals surface area (Å²) in [5.41, 5.74) is 5.15. The van der Waals surface area contributed by atoms with Crippen molar-refractivity contribution in [2.24, 2.45) is 0 Å². The van der Waals surface area contributed by atoms with Gasteiger partial charge in [0.05, 0.1) is 5.52 Å². The molecule has 0 bridgehead atoms. The number of benzene rings is 1. The number of nitrogens with zero attached hydrogens (tertiary/aromatic N) is 2. The van der Waals surface area contributed by atoms with Crippen LogP contribution in [0.1, 0.15) is 73.9 Å². The Balaban J connectivity index is 1.85. The smallest absolute Gasteiger partial charge is 0.266 e. The highest BCUT2D eigenvalue weighted by Gasteiger charge is 2.25. The van der Waals surface area contributed by atoms with Crippen molar-refractivity contribution in [1.29, 1.82) is 0 Å². The summed E-state index contributed by atoms with van der Waals surface area (Å²) in [5, 5.41) is 11.3. The summed E-state index contributed by atoms with van der Waals surface area (Å²) in [6, 6.07) is 8.01. The number of ketones is 1. The van der Waals surface area contributed by atoms with Gasteiger partial charge in [-0.25, -0.2) is 0 Å². The summed E-state index contributed by atoms with van der Waals surface area (Å²) in [6.45, 7) is 4.07. The molecule has 0 aliphatic heterocycles. The van der Waals surface area contributed by atoms with Gasteiger partial charge in [-0.2, -0.15) is 4.98 Å². The first-order valence-electron chi connectivity index (χ1n) is 9.57. The number of aromatic hydroxyl groups is 1. The Bertz CT molecular complexity index is 926. The predicted molar refractivity (Wildman–Crippen MR) is 106 cm³/mol. The molecule has 3 rings (SSSR count). The molecule has 0 saturated carbocycles. The monoisotopic (exact) mass is 369 g/mol. The van der Waals surface area contributed by atoms with Crippen molar-refractivity contribution in [2.75, 3.05) is 12.5 Å². The fourth-order valence-corrected chi connectivity index (χ4v) is 3.42. The van der Waals surface area contributed by atoms with Gasteiger partial charge in [-0.3, -0.25) is 9.47 Å². The summed E-state index contributed by atoms with van der Waals surface area (Å²) < 4.78 is 7.63. The van der Waals surface area contributed by atoms with E-state index in [1.165, 1.54) is 0 Å². The molecule has 2 heterocycles. The van der Waals surface area contributed by atoms with Crippen LogP contribution in [0.3, 0.4) is 0 Å². The number of hydrogen-bond donors (Lipinski definition) is 2. The number of aromatic nitrogens is 2. The fourth-order valence-electron chi connectivity index (χ4n) is 3.42. The molecular weight excluding hydrogens is 342 g/mol. The number of carbonyl (C=O) groups is 1. The van der Waals surface area contributed by atoms with E-state index in [2.05, 4.69) is 17.3 Å². The van der Waals surface area contributed by atoms with Gasteiger partial charge in [0.2, 0.25) is 5.78 Å². The van der Waals surface area contributed by atoms with E-state index in [4.69, 9.17) is 4.42 Å². The Kier molecular flexibility index (Phi) is 5.84. The van der Waals surface area contributed by atoms with Gasteiger partial charge in [-0.05, 0) is 18.1 Å². The SMILES string of the molecule is CCCCCCC(=O)c1nc(O)c([C@H](C)c2cn(NC)c3ccccc23)o1. The second-order valence-electron chi connectivity index (χ2n) is 6.86. The molecule has 1 atom stereocenters. The quantitative estimate of drug-likeness (QED) is 0.418. The zero-order chi connectivity index (χ0) is 19.4. The minimum atomic E-state index is -0.237. The van der Waals surface area contributed by atoms with Crippen molar-refractivity contribution < 1.29 is 14.3 Å². The first-order chi connectivity index (χ1) is 13.1. The third kappa shape index (κ3) is 3.84. The molecule has 144 valence electrons. The lowest BCUT2D eigenvalue weighted by molar-refractivity contribution is 0.0943. The van der Waals surface area contributed by atoms with Crippen LogP contribution in [0.5, 0.6) is 5.88 Å². The summed E-state index contributed by atoms with van der Waals surface area (Å²) in [6.07, 6.45) is 6.44. The molecule has 2 N–H and O–H groups in total. The topological polar surface area (TPSA) is 80.3 Å². The molecule has 6 heteroatoms. The van der Waals surface area contributed by atoms with Crippen molar-refractivity contribution in [3.8, 4) is 5.88 Å². The standard InChI is InChI=1S/C21H27N3O3/c1-4-5-6-7-12-18(25)21-23-20(26)19(27-21)14(2)16-13-24(22-3)17-11-9-8-10-15(16)17/h8-11,13-14,22,26H,4-7,12H2,1-3H3/t14-/m1/s1. The second-order valence-corrected chi connectivity index (χ2v) is 6.86. The maximum Gasteiger partial charge on any atom is 0.266 e. The third-order valence-corrected chi connectivity index (χ3v) is 4.97. The van der Waals surface area contributed by atoms with Crippen molar-refractivity contribution in [1.82, 2.24) is 9.66 Å². The number of oxazole rings is 1. The van der Waals surface area contributed by atoms with Crippen molar-refractivity contribution in [2.45, 2.75) is 51.9 Å². The van der Waals surface area contributed by atoms with Crippen LogP contribution in [0.4, 0.5) is 0 Å². The zero-order valence-corrected chi connectivity index (χ0v) is 16.2.